The fourth-order valence-corrected chi connectivity index (χ4v) is 1.09. The summed E-state index contributed by atoms with van der Waals surface area (Å²) in [6.45, 7) is 0.270. The maximum Gasteiger partial charge on any atom is 0.407 e. The van der Waals surface area contributed by atoms with Gasteiger partial charge in [0, 0.05) is 12.1 Å². The number of methoxy groups -OCH3 is 1. The Labute approximate surface area is 94.2 Å². The zero-order chi connectivity index (χ0) is 11.8. The van der Waals surface area contributed by atoms with E-state index in [2.05, 4.69) is 21.9 Å². The molecular weight excluding hydrogens is 206 g/mol. The second-order valence-electron chi connectivity index (χ2n) is 3.00. The summed E-state index contributed by atoms with van der Waals surface area (Å²) in [7, 11) is 1.32. The lowest BCUT2D eigenvalue weighted by Crippen LogP contribution is -2.22. The smallest absolute Gasteiger partial charge is 0.407 e. The molecule has 0 aliphatic rings. The van der Waals surface area contributed by atoms with Crippen LogP contribution in [0.2, 0.25) is 0 Å². The van der Waals surface area contributed by atoms with Gasteiger partial charge in [-0.15, -0.1) is 0 Å². The number of aliphatic hydroxyl groups is 1. The Morgan fingerprint density at radius 3 is 2.69 bits per heavy atom. The number of ether oxygens (including phenoxy) is 1. The Kier molecular flexibility index (Phi) is 4.90. The molecule has 0 heterocycles. The van der Waals surface area contributed by atoms with E-state index < -0.39 is 6.09 Å². The molecule has 0 aromatic heterocycles. The van der Waals surface area contributed by atoms with Gasteiger partial charge in [-0.05, 0) is 17.7 Å². The van der Waals surface area contributed by atoms with E-state index in [1.807, 2.05) is 24.3 Å². The van der Waals surface area contributed by atoms with Gasteiger partial charge in [0.2, 0.25) is 0 Å². The quantitative estimate of drug-likeness (QED) is 0.726. The molecule has 84 valence electrons. The molecule has 0 radical (unpaired) electrons. The molecule has 0 aliphatic heterocycles. The maximum atomic E-state index is 10.8. The predicted molar refractivity (Wildman–Crippen MR) is 59.7 cm³/mol. The molecule has 0 aliphatic carbocycles. The summed E-state index contributed by atoms with van der Waals surface area (Å²) >= 11 is 0. The number of benzene rings is 1. The van der Waals surface area contributed by atoms with E-state index in [-0.39, 0.29) is 6.61 Å². The minimum absolute atomic E-state index is 0.147. The van der Waals surface area contributed by atoms with Crippen LogP contribution in [0.5, 0.6) is 0 Å². The molecule has 0 spiro atoms. The third kappa shape index (κ3) is 4.03. The normalized spacial score (nSPS) is 8.88. The van der Waals surface area contributed by atoms with Crippen LogP contribution in [-0.4, -0.2) is 24.9 Å². The van der Waals surface area contributed by atoms with E-state index in [0.717, 1.165) is 11.1 Å². The van der Waals surface area contributed by atoms with Crippen molar-refractivity contribution >= 4 is 6.09 Å². The summed E-state index contributed by atoms with van der Waals surface area (Å²) in [4.78, 5) is 10.8. The fourth-order valence-electron chi connectivity index (χ4n) is 1.09. The molecule has 0 fully saturated rings. The molecule has 2 N–H and O–H groups in total. The maximum absolute atomic E-state index is 10.8. The second kappa shape index (κ2) is 6.49. The molecule has 0 saturated carbocycles. The van der Waals surface area contributed by atoms with E-state index >= 15 is 0 Å². The number of hydrogen-bond donors (Lipinski definition) is 2. The number of aliphatic hydroxyl groups excluding tert-OH is 1. The Morgan fingerprint density at radius 2 is 2.12 bits per heavy atom. The molecule has 1 rings (SSSR count). The average Bonchev–Trinajstić information content (AvgIpc) is 2.34. The van der Waals surface area contributed by atoms with Crippen LogP contribution in [-0.2, 0) is 11.3 Å². The van der Waals surface area contributed by atoms with Crippen LogP contribution in [0.25, 0.3) is 0 Å². The molecule has 0 atom stereocenters. The van der Waals surface area contributed by atoms with Crippen LogP contribution < -0.4 is 5.32 Å². The number of rotatable bonds is 2. The summed E-state index contributed by atoms with van der Waals surface area (Å²) in [5.74, 6) is 5.34. The van der Waals surface area contributed by atoms with Gasteiger partial charge in [-0.3, -0.25) is 0 Å². The van der Waals surface area contributed by atoms with Gasteiger partial charge in [0.05, 0.1) is 7.11 Å². The highest BCUT2D eigenvalue weighted by molar-refractivity contribution is 5.66. The first-order chi connectivity index (χ1) is 7.76. The molecule has 0 bridgehead atoms. The van der Waals surface area contributed by atoms with E-state index in [1.54, 1.807) is 0 Å². The highest BCUT2D eigenvalue weighted by atomic mass is 16.5. The first-order valence-electron chi connectivity index (χ1n) is 4.76. The zero-order valence-electron chi connectivity index (χ0n) is 8.99. The molecule has 16 heavy (non-hydrogen) atoms. The standard InChI is InChI=1S/C12H13NO3/c1-16-12(15)13-9-11-6-4-10(5-7-11)3-2-8-14/h4-7,14H,8-9H2,1H3,(H,13,15). The molecule has 1 amide bonds. The van der Waals surface area contributed by atoms with E-state index in [1.165, 1.54) is 7.11 Å². The van der Waals surface area contributed by atoms with E-state index in [9.17, 15) is 4.79 Å². The molecular formula is C12H13NO3. The summed E-state index contributed by atoms with van der Waals surface area (Å²) in [5, 5.41) is 11.1. The van der Waals surface area contributed by atoms with Gasteiger partial charge < -0.3 is 15.2 Å². The molecule has 0 saturated heterocycles. The lowest BCUT2D eigenvalue weighted by atomic mass is 10.1. The number of hydrogen-bond acceptors (Lipinski definition) is 3. The predicted octanol–water partition coefficient (Wildman–Crippen LogP) is 0.886. The van der Waals surface area contributed by atoms with Gasteiger partial charge in [0.1, 0.15) is 6.61 Å². The topological polar surface area (TPSA) is 58.6 Å². The van der Waals surface area contributed by atoms with Crippen molar-refractivity contribution in [2.24, 2.45) is 0 Å². The number of nitrogens with one attached hydrogen (secondary N) is 1. The van der Waals surface area contributed by atoms with Gasteiger partial charge in [0.25, 0.3) is 0 Å². The van der Waals surface area contributed by atoms with Crippen LogP contribution in [0.15, 0.2) is 24.3 Å². The summed E-state index contributed by atoms with van der Waals surface area (Å²) in [6.07, 6.45) is -0.454. The fraction of sp³-hybridized carbons (Fsp3) is 0.250. The van der Waals surface area contributed by atoms with Crippen molar-refractivity contribution in [1.82, 2.24) is 5.32 Å². The van der Waals surface area contributed by atoms with Crippen LogP contribution in [0.1, 0.15) is 11.1 Å². The van der Waals surface area contributed by atoms with Crippen LogP contribution >= 0.6 is 0 Å². The summed E-state index contributed by atoms with van der Waals surface area (Å²) in [6, 6.07) is 7.38. The van der Waals surface area contributed by atoms with Gasteiger partial charge in [-0.2, -0.15) is 0 Å². The summed E-state index contributed by atoms with van der Waals surface area (Å²) < 4.78 is 4.45. The lowest BCUT2D eigenvalue weighted by Gasteiger charge is -2.03. The average molecular weight is 219 g/mol. The van der Waals surface area contributed by atoms with Crippen molar-refractivity contribution in [3.05, 3.63) is 35.4 Å². The third-order valence-electron chi connectivity index (χ3n) is 1.89. The SMILES string of the molecule is COC(=O)NCc1ccc(C#CCO)cc1. The largest absolute Gasteiger partial charge is 0.453 e. The molecule has 1 aromatic carbocycles. The minimum atomic E-state index is -0.454. The Hall–Kier alpha value is -1.99. The van der Waals surface area contributed by atoms with Crippen LogP contribution in [0.4, 0.5) is 4.79 Å². The van der Waals surface area contributed by atoms with Crippen LogP contribution in [0.3, 0.4) is 0 Å². The van der Waals surface area contributed by atoms with Gasteiger partial charge in [-0.25, -0.2) is 4.79 Å². The van der Waals surface area contributed by atoms with Crippen LogP contribution in [0, 0.1) is 11.8 Å². The first-order valence-corrected chi connectivity index (χ1v) is 4.76. The summed E-state index contributed by atoms with van der Waals surface area (Å²) in [5.41, 5.74) is 1.79. The Morgan fingerprint density at radius 1 is 1.44 bits per heavy atom. The Balaban J connectivity index is 2.54. The monoisotopic (exact) mass is 219 g/mol. The highest BCUT2D eigenvalue weighted by Crippen LogP contribution is 2.02. The van der Waals surface area contributed by atoms with E-state index in [4.69, 9.17) is 5.11 Å². The van der Waals surface area contributed by atoms with Crippen molar-refractivity contribution in [3.63, 3.8) is 0 Å². The Bertz CT molecular complexity index is 401. The van der Waals surface area contributed by atoms with Crippen molar-refractivity contribution in [3.8, 4) is 11.8 Å². The highest BCUT2D eigenvalue weighted by Gasteiger charge is 1.98. The first kappa shape index (κ1) is 12.1. The number of carbonyl (C=O) groups excluding carboxylic acids is 1. The van der Waals surface area contributed by atoms with Crippen molar-refractivity contribution in [2.45, 2.75) is 6.54 Å². The second-order valence-corrected chi connectivity index (χ2v) is 3.00. The zero-order valence-corrected chi connectivity index (χ0v) is 8.99. The molecule has 4 heteroatoms. The van der Waals surface area contributed by atoms with Crippen molar-refractivity contribution < 1.29 is 14.6 Å². The van der Waals surface area contributed by atoms with E-state index in [0.29, 0.717) is 6.54 Å². The van der Waals surface area contributed by atoms with Crippen molar-refractivity contribution in [1.29, 1.82) is 0 Å². The van der Waals surface area contributed by atoms with Gasteiger partial charge >= 0.3 is 6.09 Å². The number of amides is 1. The number of carbonyl (C=O) groups is 1. The van der Waals surface area contributed by atoms with Crippen molar-refractivity contribution in [2.75, 3.05) is 13.7 Å². The molecule has 4 nitrogen and oxygen atoms in total. The molecule has 0 unspecified atom stereocenters. The van der Waals surface area contributed by atoms with Gasteiger partial charge in [-0.1, -0.05) is 24.0 Å². The number of alkyl carbamates (subject to hydrolysis) is 1. The lowest BCUT2D eigenvalue weighted by molar-refractivity contribution is 0.170. The third-order valence-corrected chi connectivity index (χ3v) is 1.89. The van der Waals surface area contributed by atoms with Gasteiger partial charge in [0.15, 0.2) is 0 Å². The minimum Gasteiger partial charge on any atom is -0.453 e. The molecule has 1 aromatic rings.